The second-order valence-electron chi connectivity index (χ2n) is 7.30. The van der Waals surface area contributed by atoms with Gasteiger partial charge in [-0.1, -0.05) is 6.07 Å². The van der Waals surface area contributed by atoms with E-state index in [1.165, 1.54) is 15.8 Å². The summed E-state index contributed by atoms with van der Waals surface area (Å²) >= 11 is 1.60. The molecule has 1 unspecified atom stereocenters. The van der Waals surface area contributed by atoms with Crippen LogP contribution >= 0.6 is 11.3 Å². The maximum atomic E-state index is 13.1. The van der Waals surface area contributed by atoms with E-state index in [1.54, 1.807) is 11.3 Å². The Morgan fingerprint density at radius 1 is 1.30 bits per heavy atom. The lowest BCUT2D eigenvalue weighted by Gasteiger charge is -2.33. The Kier molecular flexibility index (Phi) is 5.92. The second-order valence-corrected chi connectivity index (χ2v) is 8.39. The monoisotopic (exact) mass is 388 g/mol. The number of benzene rings is 1. The van der Waals surface area contributed by atoms with Gasteiger partial charge in [-0.05, 0) is 31.0 Å². The maximum Gasteiger partial charge on any atom is 0.264 e. The number of anilines is 1. The van der Waals surface area contributed by atoms with E-state index in [0.29, 0.717) is 6.54 Å². The van der Waals surface area contributed by atoms with Crippen molar-refractivity contribution in [1.82, 2.24) is 15.5 Å². The molecule has 0 aliphatic carbocycles. The minimum atomic E-state index is 0.134. The number of aliphatic hydroxyl groups excluding tert-OH is 1. The number of hydrogen-bond donors (Lipinski definition) is 3. The van der Waals surface area contributed by atoms with E-state index in [9.17, 15) is 4.79 Å². The first kappa shape index (κ1) is 18.7. The third kappa shape index (κ3) is 4.11. The summed E-state index contributed by atoms with van der Waals surface area (Å²) in [4.78, 5) is 18.3. The van der Waals surface area contributed by atoms with Crippen molar-refractivity contribution >= 4 is 33.0 Å². The van der Waals surface area contributed by atoms with Crippen molar-refractivity contribution in [3.8, 4) is 0 Å². The lowest BCUT2D eigenvalue weighted by molar-refractivity contribution is 0.0698. The van der Waals surface area contributed by atoms with Crippen molar-refractivity contribution in [1.29, 1.82) is 0 Å². The molecule has 3 heterocycles. The van der Waals surface area contributed by atoms with E-state index in [2.05, 4.69) is 39.8 Å². The Hall–Kier alpha value is -1.67. The van der Waals surface area contributed by atoms with Gasteiger partial charge in [0.15, 0.2) is 0 Å². The summed E-state index contributed by atoms with van der Waals surface area (Å²) in [6.45, 7) is 6.27. The highest BCUT2D eigenvalue weighted by Crippen LogP contribution is 2.34. The van der Waals surface area contributed by atoms with Crippen molar-refractivity contribution in [3.05, 3.63) is 29.1 Å². The predicted octanol–water partition coefficient (Wildman–Crippen LogP) is 1.50. The summed E-state index contributed by atoms with van der Waals surface area (Å²) in [5, 5.41) is 16.9. The number of rotatable bonds is 5. The van der Waals surface area contributed by atoms with Gasteiger partial charge in [-0.2, -0.15) is 0 Å². The number of aliphatic hydroxyl groups is 1. The van der Waals surface area contributed by atoms with Crippen molar-refractivity contribution in [3.63, 3.8) is 0 Å². The number of nitrogens with zero attached hydrogens (tertiary/aromatic N) is 2. The predicted molar refractivity (Wildman–Crippen MR) is 111 cm³/mol. The standard InChI is InChI=1S/C20H28N4O2S/c25-12-8-22-15-3-2-9-24(14-15)20(26)19-13-16-17(4-1-5-18(16)27-19)23-10-6-21-7-11-23/h1,4-5,13,15,21-22,25H,2-3,6-12,14H2. The highest BCUT2D eigenvalue weighted by atomic mass is 32.1. The molecule has 3 N–H and O–H groups in total. The van der Waals surface area contributed by atoms with Gasteiger partial charge in [-0.3, -0.25) is 4.79 Å². The Labute approximate surface area is 164 Å². The molecule has 0 bridgehead atoms. The summed E-state index contributed by atoms with van der Waals surface area (Å²) in [7, 11) is 0. The summed E-state index contributed by atoms with van der Waals surface area (Å²) < 4.78 is 1.18. The van der Waals surface area contributed by atoms with Gasteiger partial charge in [-0.15, -0.1) is 11.3 Å². The zero-order valence-corrected chi connectivity index (χ0v) is 16.4. The number of carbonyl (C=O) groups excluding carboxylic acids is 1. The van der Waals surface area contributed by atoms with E-state index in [0.717, 1.165) is 57.0 Å². The van der Waals surface area contributed by atoms with Crippen LogP contribution in [0.15, 0.2) is 24.3 Å². The molecule has 2 saturated heterocycles. The molecule has 27 heavy (non-hydrogen) atoms. The van der Waals surface area contributed by atoms with Crippen LogP contribution in [0.4, 0.5) is 5.69 Å². The molecule has 1 amide bonds. The summed E-state index contributed by atoms with van der Waals surface area (Å²) in [6.07, 6.45) is 2.06. The van der Waals surface area contributed by atoms with Crippen molar-refractivity contribution in [2.45, 2.75) is 18.9 Å². The van der Waals surface area contributed by atoms with Gasteiger partial charge in [-0.25, -0.2) is 0 Å². The average Bonchev–Trinajstić information content (AvgIpc) is 3.17. The first-order chi connectivity index (χ1) is 13.3. The molecule has 1 aromatic carbocycles. The molecule has 0 saturated carbocycles. The number of thiophene rings is 1. The average molecular weight is 389 g/mol. The number of carbonyl (C=O) groups is 1. The molecule has 1 atom stereocenters. The number of hydrogen-bond acceptors (Lipinski definition) is 6. The third-order valence-electron chi connectivity index (χ3n) is 5.46. The largest absolute Gasteiger partial charge is 0.395 e. The highest BCUT2D eigenvalue weighted by Gasteiger charge is 2.26. The van der Waals surface area contributed by atoms with E-state index >= 15 is 0 Å². The number of fused-ring (bicyclic) bond motifs is 1. The lowest BCUT2D eigenvalue weighted by atomic mass is 10.1. The van der Waals surface area contributed by atoms with Gasteiger partial charge in [0.1, 0.15) is 0 Å². The van der Waals surface area contributed by atoms with Gasteiger partial charge >= 0.3 is 0 Å². The number of amides is 1. The van der Waals surface area contributed by atoms with E-state index in [1.807, 2.05) is 4.90 Å². The molecule has 2 aromatic rings. The van der Waals surface area contributed by atoms with Crippen LogP contribution in [0.2, 0.25) is 0 Å². The highest BCUT2D eigenvalue weighted by molar-refractivity contribution is 7.20. The Morgan fingerprint density at radius 3 is 2.96 bits per heavy atom. The van der Waals surface area contributed by atoms with E-state index in [-0.39, 0.29) is 18.6 Å². The van der Waals surface area contributed by atoms with Gasteiger partial charge in [0.25, 0.3) is 5.91 Å². The number of nitrogens with one attached hydrogen (secondary N) is 2. The van der Waals surface area contributed by atoms with Gasteiger partial charge < -0.3 is 25.5 Å². The van der Waals surface area contributed by atoms with Crippen molar-refractivity contribution in [2.75, 3.05) is 57.3 Å². The minimum absolute atomic E-state index is 0.134. The molecule has 0 spiro atoms. The van der Waals surface area contributed by atoms with Crippen LogP contribution in [0.1, 0.15) is 22.5 Å². The van der Waals surface area contributed by atoms with Gasteiger partial charge in [0.05, 0.1) is 11.5 Å². The van der Waals surface area contributed by atoms with Crippen molar-refractivity contribution in [2.24, 2.45) is 0 Å². The van der Waals surface area contributed by atoms with Crippen LogP contribution < -0.4 is 15.5 Å². The first-order valence-electron chi connectivity index (χ1n) is 9.88. The minimum Gasteiger partial charge on any atom is -0.395 e. The summed E-state index contributed by atoms with van der Waals surface area (Å²) in [6, 6.07) is 8.75. The van der Waals surface area contributed by atoms with Crippen LogP contribution in [0, 0.1) is 0 Å². The molecule has 2 aliphatic rings. The van der Waals surface area contributed by atoms with Crippen LogP contribution in [-0.4, -0.2) is 74.4 Å². The topological polar surface area (TPSA) is 67.8 Å². The van der Waals surface area contributed by atoms with Crippen LogP contribution in [0.3, 0.4) is 0 Å². The van der Waals surface area contributed by atoms with E-state index < -0.39 is 0 Å². The molecule has 6 nitrogen and oxygen atoms in total. The maximum absolute atomic E-state index is 13.1. The van der Waals surface area contributed by atoms with Gasteiger partial charge in [0.2, 0.25) is 0 Å². The zero-order chi connectivity index (χ0) is 18.6. The normalized spacial score (nSPS) is 21.0. The van der Waals surface area contributed by atoms with Crippen LogP contribution in [0.25, 0.3) is 10.1 Å². The molecule has 2 aliphatic heterocycles. The fourth-order valence-corrected chi connectivity index (χ4v) is 5.14. The molecular weight excluding hydrogens is 360 g/mol. The third-order valence-corrected chi connectivity index (χ3v) is 6.55. The fourth-order valence-electron chi connectivity index (χ4n) is 4.09. The van der Waals surface area contributed by atoms with Gasteiger partial charge in [0, 0.05) is 67.6 Å². The zero-order valence-electron chi connectivity index (χ0n) is 15.6. The molecule has 7 heteroatoms. The van der Waals surface area contributed by atoms with E-state index in [4.69, 9.17) is 5.11 Å². The molecule has 146 valence electrons. The number of piperazine rings is 1. The Balaban J connectivity index is 1.54. The molecule has 2 fully saturated rings. The number of piperidine rings is 1. The molecule has 0 radical (unpaired) electrons. The molecular formula is C20H28N4O2S. The molecule has 1 aromatic heterocycles. The van der Waals surface area contributed by atoms with Crippen LogP contribution in [0.5, 0.6) is 0 Å². The summed E-state index contributed by atoms with van der Waals surface area (Å²) in [5.74, 6) is 0.137. The Bertz CT molecular complexity index is 787. The first-order valence-corrected chi connectivity index (χ1v) is 10.7. The molecule has 4 rings (SSSR count). The van der Waals surface area contributed by atoms with Crippen LogP contribution in [-0.2, 0) is 0 Å². The quantitative estimate of drug-likeness (QED) is 0.724. The SMILES string of the molecule is O=C(c1cc2c(N3CCNCC3)cccc2s1)N1CCCC(NCCO)C1. The number of likely N-dealkylation sites (tertiary alicyclic amines) is 1. The smallest absolute Gasteiger partial charge is 0.264 e. The Morgan fingerprint density at radius 2 is 2.15 bits per heavy atom. The second kappa shape index (κ2) is 8.56. The fraction of sp³-hybridized carbons (Fsp3) is 0.550. The van der Waals surface area contributed by atoms with Crippen molar-refractivity contribution < 1.29 is 9.90 Å². The summed E-state index contributed by atoms with van der Waals surface area (Å²) in [5.41, 5.74) is 1.24. The lowest BCUT2D eigenvalue weighted by Crippen LogP contribution is -2.48.